The fourth-order valence-corrected chi connectivity index (χ4v) is 2.55. The standard InChI is InChI=1S/C19H20F3NO2/c1-3-13-8-7-9-14(4-2)18(13)23-17(24)12-25-16-11-6-5-10-15(16)19(20,21)22/h5-11H,3-4,12H2,1-2H3,(H,23,24). The van der Waals surface area contributed by atoms with Crippen LogP contribution in [0.15, 0.2) is 42.5 Å². The monoisotopic (exact) mass is 351 g/mol. The lowest BCUT2D eigenvalue weighted by atomic mass is 10.0. The summed E-state index contributed by atoms with van der Waals surface area (Å²) < 4.78 is 43.9. The number of alkyl halides is 3. The molecule has 0 saturated carbocycles. The summed E-state index contributed by atoms with van der Waals surface area (Å²) in [6, 6.07) is 10.6. The molecule has 3 nitrogen and oxygen atoms in total. The van der Waals surface area contributed by atoms with Crippen LogP contribution in [0.2, 0.25) is 0 Å². The molecule has 0 atom stereocenters. The molecule has 134 valence electrons. The third-order valence-electron chi connectivity index (χ3n) is 3.81. The van der Waals surface area contributed by atoms with Crippen molar-refractivity contribution in [3.8, 4) is 5.75 Å². The topological polar surface area (TPSA) is 38.3 Å². The average molecular weight is 351 g/mol. The minimum absolute atomic E-state index is 0.357. The van der Waals surface area contributed by atoms with E-state index >= 15 is 0 Å². The van der Waals surface area contributed by atoms with Crippen LogP contribution < -0.4 is 10.1 Å². The number of hydrogen-bond donors (Lipinski definition) is 1. The molecule has 0 aliphatic heterocycles. The summed E-state index contributed by atoms with van der Waals surface area (Å²) in [7, 11) is 0. The molecule has 0 spiro atoms. The summed E-state index contributed by atoms with van der Waals surface area (Å²) in [4.78, 5) is 12.2. The second kappa shape index (κ2) is 8.05. The zero-order valence-corrected chi connectivity index (χ0v) is 14.1. The van der Waals surface area contributed by atoms with Crippen LogP contribution in [-0.4, -0.2) is 12.5 Å². The summed E-state index contributed by atoms with van der Waals surface area (Å²) in [5.74, 6) is -0.850. The molecule has 2 rings (SSSR count). The molecule has 2 aromatic rings. The van der Waals surface area contributed by atoms with Crippen LogP contribution in [0.1, 0.15) is 30.5 Å². The number of nitrogens with one attached hydrogen (secondary N) is 1. The quantitative estimate of drug-likeness (QED) is 0.808. The van der Waals surface area contributed by atoms with E-state index in [1.807, 2.05) is 32.0 Å². The Morgan fingerprint density at radius 2 is 1.60 bits per heavy atom. The van der Waals surface area contributed by atoms with Crippen molar-refractivity contribution in [2.75, 3.05) is 11.9 Å². The molecule has 0 heterocycles. The van der Waals surface area contributed by atoms with Crippen molar-refractivity contribution in [2.24, 2.45) is 0 Å². The van der Waals surface area contributed by atoms with E-state index in [0.717, 1.165) is 30.0 Å². The van der Waals surface area contributed by atoms with Gasteiger partial charge in [-0.25, -0.2) is 0 Å². The third-order valence-corrected chi connectivity index (χ3v) is 3.81. The highest BCUT2D eigenvalue weighted by Crippen LogP contribution is 2.35. The second-order valence-electron chi connectivity index (χ2n) is 5.49. The van der Waals surface area contributed by atoms with Gasteiger partial charge in [0.25, 0.3) is 5.91 Å². The van der Waals surface area contributed by atoms with Crippen LogP contribution >= 0.6 is 0 Å². The lowest BCUT2D eigenvalue weighted by molar-refractivity contribution is -0.139. The van der Waals surface area contributed by atoms with Gasteiger partial charge in [-0.1, -0.05) is 44.2 Å². The van der Waals surface area contributed by atoms with Gasteiger partial charge in [0.2, 0.25) is 0 Å². The summed E-state index contributed by atoms with van der Waals surface area (Å²) >= 11 is 0. The molecule has 0 aliphatic rings. The summed E-state index contributed by atoms with van der Waals surface area (Å²) in [5, 5.41) is 2.76. The molecule has 0 fully saturated rings. The van der Waals surface area contributed by atoms with Gasteiger partial charge >= 0.3 is 6.18 Å². The Bertz CT molecular complexity index is 719. The number of halogens is 3. The number of amides is 1. The Kier molecular flexibility index (Phi) is 6.07. The van der Waals surface area contributed by atoms with Crippen molar-refractivity contribution in [3.05, 3.63) is 59.2 Å². The zero-order valence-electron chi connectivity index (χ0n) is 14.1. The molecule has 1 amide bonds. The van der Waals surface area contributed by atoms with Crippen LogP contribution in [-0.2, 0) is 23.8 Å². The minimum Gasteiger partial charge on any atom is -0.483 e. The van der Waals surface area contributed by atoms with Gasteiger partial charge in [-0.2, -0.15) is 13.2 Å². The largest absolute Gasteiger partial charge is 0.483 e. The van der Waals surface area contributed by atoms with Crippen LogP contribution in [0.5, 0.6) is 5.75 Å². The van der Waals surface area contributed by atoms with Crippen molar-refractivity contribution in [2.45, 2.75) is 32.9 Å². The molecule has 25 heavy (non-hydrogen) atoms. The maximum absolute atomic E-state index is 12.9. The minimum atomic E-state index is -4.53. The summed E-state index contributed by atoms with van der Waals surface area (Å²) in [6.07, 6.45) is -3.06. The number of ether oxygens (including phenoxy) is 1. The fraction of sp³-hybridized carbons (Fsp3) is 0.316. The lowest BCUT2D eigenvalue weighted by Gasteiger charge is -2.16. The normalized spacial score (nSPS) is 11.2. The molecule has 2 aromatic carbocycles. The molecule has 0 bridgehead atoms. The van der Waals surface area contributed by atoms with E-state index in [0.29, 0.717) is 5.69 Å². The number of carbonyl (C=O) groups is 1. The van der Waals surface area contributed by atoms with Crippen molar-refractivity contribution >= 4 is 11.6 Å². The smallest absolute Gasteiger partial charge is 0.419 e. The number of hydrogen-bond acceptors (Lipinski definition) is 2. The highest BCUT2D eigenvalue weighted by Gasteiger charge is 2.34. The first-order valence-electron chi connectivity index (χ1n) is 8.06. The molecule has 1 N–H and O–H groups in total. The van der Waals surface area contributed by atoms with E-state index in [2.05, 4.69) is 5.32 Å². The highest BCUT2D eigenvalue weighted by molar-refractivity contribution is 5.93. The first-order chi connectivity index (χ1) is 11.9. The second-order valence-corrected chi connectivity index (χ2v) is 5.49. The Morgan fingerprint density at radius 3 is 2.16 bits per heavy atom. The van der Waals surface area contributed by atoms with Gasteiger partial charge in [0.05, 0.1) is 5.56 Å². The van der Waals surface area contributed by atoms with Crippen molar-refractivity contribution < 1.29 is 22.7 Å². The fourth-order valence-electron chi connectivity index (χ4n) is 2.55. The van der Waals surface area contributed by atoms with Gasteiger partial charge in [0.15, 0.2) is 6.61 Å². The maximum atomic E-state index is 12.9. The van der Waals surface area contributed by atoms with Gasteiger partial charge in [0.1, 0.15) is 5.75 Å². The van der Waals surface area contributed by atoms with Crippen LogP contribution in [0.25, 0.3) is 0 Å². The summed E-state index contributed by atoms with van der Waals surface area (Å²) in [6.45, 7) is 3.45. The van der Waals surface area contributed by atoms with E-state index in [-0.39, 0.29) is 5.75 Å². The molecule has 6 heteroatoms. The predicted molar refractivity (Wildman–Crippen MR) is 90.8 cm³/mol. The molecule has 0 aromatic heterocycles. The molecule has 0 radical (unpaired) electrons. The van der Waals surface area contributed by atoms with Crippen LogP contribution in [0.3, 0.4) is 0 Å². The van der Waals surface area contributed by atoms with E-state index in [1.54, 1.807) is 0 Å². The lowest BCUT2D eigenvalue weighted by Crippen LogP contribution is -2.22. The van der Waals surface area contributed by atoms with Crippen molar-refractivity contribution in [1.82, 2.24) is 0 Å². The summed E-state index contributed by atoms with van der Waals surface area (Å²) in [5.41, 5.74) is 1.77. The van der Waals surface area contributed by atoms with Gasteiger partial charge in [-0.05, 0) is 36.1 Å². The van der Waals surface area contributed by atoms with Crippen molar-refractivity contribution in [3.63, 3.8) is 0 Å². The van der Waals surface area contributed by atoms with Crippen molar-refractivity contribution in [1.29, 1.82) is 0 Å². The van der Waals surface area contributed by atoms with Crippen LogP contribution in [0.4, 0.5) is 18.9 Å². The Hall–Kier alpha value is -2.50. The Balaban J connectivity index is 2.11. The molecule has 0 unspecified atom stereocenters. The van der Waals surface area contributed by atoms with Gasteiger partial charge in [-0.15, -0.1) is 0 Å². The number of carbonyl (C=O) groups excluding carboxylic acids is 1. The molecule has 0 aliphatic carbocycles. The van der Waals surface area contributed by atoms with Gasteiger partial charge in [0, 0.05) is 5.69 Å². The van der Waals surface area contributed by atoms with E-state index < -0.39 is 24.3 Å². The number of benzene rings is 2. The Labute approximate surface area is 144 Å². The van der Waals surface area contributed by atoms with Gasteiger partial charge in [-0.3, -0.25) is 4.79 Å². The highest BCUT2D eigenvalue weighted by atomic mass is 19.4. The number of rotatable bonds is 6. The van der Waals surface area contributed by atoms with Gasteiger partial charge < -0.3 is 10.1 Å². The molecule has 0 saturated heterocycles. The number of aryl methyl sites for hydroxylation is 2. The maximum Gasteiger partial charge on any atom is 0.419 e. The zero-order chi connectivity index (χ0) is 18.4. The number of para-hydroxylation sites is 2. The predicted octanol–water partition coefficient (Wildman–Crippen LogP) is 4.85. The average Bonchev–Trinajstić information content (AvgIpc) is 2.59. The molecular formula is C19H20F3NO2. The molecular weight excluding hydrogens is 331 g/mol. The van der Waals surface area contributed by atoms with E-state index in [1.165, 1.54) is 18.2 Å². The Morgan fingerprint density at radius 1 is 1.00 bits per heavy atom. The van der Waals surface area contributed by atoms with Crippen LogP contribution in [0, 0.1) is 0 Å². The SMILES string of the molecule is CCc1cccc(CC)c1NC(=O)COc1ccccc1C(F)(F)F. The third kappa shape index (κ3) is 4.75. The van der Waals surface area contributed by atoms with E-state index in [9.17, 15) is 18.0 Å². The first-order valence-corrected chi connectivity index (χ1v) is 8.06. The number of anilines is 1. The van der Waals surface area contributed by atoms with E-state index in [4.69, 9.17) is 4.74 Å². The first kappa shape index (κ1) is 18.8.